The van der Waals surface area contributed by atoms with E-state index in [0.717, 1.165) is 17.3 Å². The summed E-state index contributed by atoms with van der Waals surface area (Å²) in [7, 11) is 1.56. The lowest BCUT2D eigenvalue weighted by molar-refractivity contribution is -0.254. The smallest absolute Gasteiger partial charge is 0.344 e. The van der Waals surface area contributed by atoms with Gasteiger partial charge in [0.05, 0.1) is 39.6 Å². The van der Waals surface area contributed by atoms with Crippen LogP contribution in [0, 0.1) is 0 Å². The topological polar surface area (TPSA) is 137 Å². The Morgan fingerprint density at radius 1 is 0.977 bits per heavy atom. The number of carbonyl (C=O) groups is 2. The molecule has 13 heteroatoms. The molecule has 44 heavy (non-hydrogen) atoms. The monoisotopic (exact) mass is 644 g/mol. The second-order valence-electron chi connectivity index (χ2n) is 11.0. The molecule has 0 bridgehead atoms. The fourth-order valence-electron chi connectivity index (χ4n) is 5.59. The first kappa shape index (κ1) is 36.8. The lowest BCUT2D eigenvalue weighted by Gasteiger charge is -2.46. The van der Waals surface area contributed by atoms with Crippen molar-refractivity contribution < 1.29 is 57.3 Å². The van der Waals surface area contributed by atoms with Crippen LogP contribution in [-0.4, -0.2) is 110 Å². The van der Waals surface area contributed by atoms with E-state index >= 15 is 0 Å². The molecule has 0 saturated carbocycles. The van der Waals surface area contributed by atoms with Crippen molar-refractivity contribution in [1.82, 2.24) is 0 Å². The van der Waals surface area contributed by atoms with Crippen molar-refractivity contribution in [2.45, 2.75) is 95.2 Å². The van der Waals surface area contributed by atoms with E-state index < -0.39 is 52.2 Å². The molecule has 0 spiro atoms. The van der Waals surface area contributed by atoms with Gasteiger partial charge in [0.1, 0.15) is 25.1 Å². The van der Waals surface area contributed by atoms with Gasteiger partial charge >= 0.3 is 5.97 Å². The van der Waals surface area contributed by atoms with Crippen LogP contribution in [0.3, 0.4) is 0 Å². The fourth-order valence-corrected chi connectivity index (χ4v) is 6.22. The van der Waals surface area contributed by atoms with Crippen molar-refractivity contribution in [3.05, 3.63) is 35.9 Å². The van der Waals surface area contributed by atoms with Crippen LogP contribution in [0.25, 0.3) is 0 Å². The first-order chi connectivity index (χ1) is 21.0. The molecule has 2 saturated heterocycles. The van der Waals surface area contributed by atoms with E-state index in [0.29, 0.717) is 26.1 Å². The Labute approximate surface area is 264 Å². The number of rotatable bonds is 18. The Morgan fingerprint density at radius 3 is 2.30 bits per heavy atom. The Morgan fingerprint density at radius 2 is 1.68 bits per heavy atom. The van der Waals surface area contributed by atoms with Crippen LogP contribution in [0.4, 0.5) is 0 Å². The molecule has 0 unspecified atom stereocenters. The first-order valence-electron chi connectivity index (χ1n) is 15.0. The molecule has 0 aromatic heterocycles. The van der Waals surface area contributed by atoms with Gasteiger partial charge in [0.25, 0.3) is 0 Å². The van der Waals surface area contributed by atoms with Gasteiger partial charge in [0, 0.05) is 7.11 Å². The van der Waals surface area contributed by atoms with Crippen LogP contribution in [0.2, 0.25) is 0 Å². The van der Waals surface area contributed by atoms with E-state index in [1.807, 2.05) is 44.2 Å². The molecule has 1 aromatic carbocycles. The molecule has 250 valence electrons. The normalized spacial score (nSPS) is 27.2. The summed E-state index contributed by atoms with van der Waals surface area (Å²) >= 11 is 0.791. The predicted molar refractivity (Wildman–Crippen MR) is 161 cm³/mol. The molecule has 1 aromatic rings. The molecular formula is C31H48O12S. The highest BCUT2D eigenvalue weighted by Gasteiger charge is 2.77. The van der Waals surface area contributed by atoms with Crippen LogP contribution in [0.1, 0.15) is 53.0 Å². The average Bonchev–Trinajstić information content (AvgIpc) is 3.54. The Balaban J connectivity index is 2.08. The number of hydrogen-bond acceptors (Lipinski definition) is 13. The van der Waals surface area contributed by atoms with Crippen molar-refractivity contribution in [3.63, 3.8) is 0 Å². The van der Waals surface area contributed by atoms with Gasteiger partial charge in [-0.15, -0.1) is 0 Å². The van der Waals surface area contributed by atoms with Gasteiger partial charge in [-0.1, -0.05) is 55.9 Å². The Kier molecular flexibility index (Phi) is 13.6. The second kappa shape index (κ2) is 16.3. The molecule has 3 rings (SSSR count). The highest BCUT2D eigenvalue weighted by molar-refractivity contribution is 8.13. The van der Waals surface area contributed by atoms with Gasteiger partial charge in [0.2, 0.25) is 16.3 Å². The SMILES string of the molecule is CCOC(=O)[C@@](O)([C@@H]1OC(CC)(CC)O[C@H]1COCOCCOC)[C@@]1(C(=O)SC)OC(C)(C)O[C@@H]1COCc1ccccc1. The van der Waals surface area contributed by atoms with E-state index in [2.05, 4.69) is 0 Å². The van der Waals surface area contributed by atoms with Gasteiger partial charge in [-0.3, -0.25) is 4.79 Å². The lowest BCUT2D eigenvalue weighted by Crippen LogP contribution is -2.75. The maximum absolute atomic E-state index is 14.1. The largest absolute Gasteiger partial charge is 0.464 e. The Hall–Kier alpha value is -1.65. The van der Waals surface area contributed by atoms with Gasteiger partial charge < -0.3 is 47.7 Å². The maximum atomic E-state index is 14.1. The van der Waals surface area contributed by atoms with Gasteiger partial charge in [-0.2, -0.15) is 0 Å². The second-order valence-corrected chi connectivity index (χ2v) is 11.8. The standard InChI is InChI=1S/C31H48O12S/c1-8-29(9-2)40-23(19-38-21-36-17-16-35-6)25(42-29)30(34,26(32)39-10-3)31(27(33)44-7)24(41-28(4,5)43-31)20-37-18-22-14-12-11-13-15-22/h11-15,23-25,34H,8-10,16-21H2,1-7H3/t23-,24+,25+,30-,31+/m0/s1. The number of thioether (sulfide) groups is 1. The van der Waals surface area contributed by atoms with Crippen molar-refractivity contribution in [1.29, 1.82) is 0 Å². The third-order valence-corrected chi connectivity index (χ3v) is 8.40. The molecule has 12 nitrogen and oxygen atoms in total. The van der Waals surface area contributed by atoms with Crippen molar-refractivity contribution >= 4 is 22.8 Å². The highest BCUT2D eigenvalue weighted by Crippen LogP contribution is 2.52. The van der Waals surface area contributed by atoms with E-state index in [9.17, 15) is 14.7 Å². The third-order valence-electron chi connectivity index (χ3n) is 7.72. The Bertz CT molecular complexity index is 1050. The minimum Gasteiger partial charge on any atom is -0.464 e. The summed E-state index contributed by atoms with van der Waals surface area (Å²) in [6.45, 7) is 8.90. The number of hydrogen-bond donors (Lipinski definition) is 1. The van der Waals surface area contributed by atoms with E-state index in [1.165, 1.54) is 0 Å². The summed E-state index contributed by atoms with van der Waals surface area (Å²) in [5.41, 5.74) is -4.19. The highest BCUT2D eigenvalue weighted by atomic mass is 32.2. The van der Waals surface area contributed by atoms with Crippen LogP contribution in [-0.2, 0) is 58.8 Å². The number of methoxy groups -OCH3 is 1. The number of ether oxygens (including phenoxy) is 9. The molecule has 0 aliphatic carbocycles. The number of esters is 1. The average molecular weight is 645 g/mol. The van der Waals surface area contributed by atoms with E-state index in [-0.39, 0.29) is 33.2 Å². The number of benzene rings is 1. The summed E-state index contributed by atoms with van der Waals surface area (Å²) in [5, 5.41) is 12.2. The van der Waals surface area contributed by atoms with Crippen molar-refractivity contribution in [3.8, 4) is 0 Å². The molecule has 0 radical (unpaired) electrons. The molecule has 5 atom stereocenters. The number of carbonyl (C=O) groups excluding carboxylic acids is 2. The summed E-state index contributed by atoms with van der Waals surface area (Å²) < 4.78 is 53.0. The van der Waals surface area contributed by atoms with Crippen molar-refractivity contribution in [2.75, 3.05) is 53.2 Å². The molecule has 2 aliphatic rings. The van der Waals surface area contributed by atoms with Crippen LogP contribution < -0.4 is 0 Å². The van der Waals surface area contributed by atoms with E-state index in [4.69, 9.17) is 42.6 Å². The molecule has 2 fully saturated rings. The molecular weight excluding hydrogens is 596 g/mol. The minimum atomic E-state index is -2.76. The van der Waals surface area contributed by atoms with E-state index in [1.54, 1.807) is 34.1 Å². The quantitative estimate of drug-likeness (QED) is 0.142. The zero-order chi connectivity index (χ0) is 32.4. The van der Waals surface area contributed by atoms with Gasteiger partial charge in [0.15, 0.2) is 11.6 Å². The summed E-state index contributed by atoms with van der Waals surface area (Å²) in [5.74, 6) is -3.71. The lowest BCUT2D eigenvalue weighted by atomic mass is 9.73. The fraction of sp³-hybridized carbons (Fsp3) is 0.742. The predicted octanol–water partition coefficient (Wildman–Crippen LogP) is 3.21. The minimum absolute atomic E-state index is 0.0844. The van der Waals surface area contributed by atoms with Crippen LogP contribution >= 0.6 is 11.8 Å². The molecule has 2 heterocycles. The zero-order valence-corrected chi connectivity index (χ0v) is 27.6. The third kappa shape index (κ3) is 7.83. The van der Waals surface area contributed by atoms with Gasteiger partial charge in [-0.05, 0) is 45.4 Å². The number of aliphatic hydroxyl groups is 1. The molecule has 0 amide bonds. The maximum Gasteiger partial charge on any atom is 0.344 e. The van der Waals surface area contributed by atoms with Crippen LogP contribution in [0.5, 0.6) is 0 Å². The first-order valence-corrected chi connectivity index (χ1v) is 16.2. The summed E-state index contributed by atoms with van der Waals surface area (Å²) in [6, 6.07) is 9.45. The molecule has 1 N–H and O–H groups in total. The van der Waals surface area contributed by atoms with Gasteiger partial charge in [-0.25, -0.2) is 4.79 Å². The van der Waals surface area contributed by atoms with Crippen LogP contribution in [0.15, 0.2) is 30.3 Å². The molecule has 2 aliphatic heterocycles. The summed E-state index contributed by atoms with van der Waals surface area (Å²) in [6.07, 6.45) is -1.42. The zero-order valence-electron chi connectivity index (χ0n) is 26.8. The van der Waals surface area contributed by atoms with Crippen molar-refractivity contribution in [2.24, 2.45) is 0 Å². The summed E-state index contributed by atoms with van der Waals surface area (Å²) in [4.78, 5) is 28.2.